The zero-order valence-corrected chi connectivity index (χ0v) is 10.7. The summed E-state index contributed by atoms with van der Waals surface area (Å²) in [6, 6.07) is 21.1. The van der Waals surface area contributed by atoms with Gasteiger partial charge in [0.05, 0.1) is 0 Å². The van der Waals surface area contributed by atoms with E-state index in [4.69, 9.17) is 0 Å². The van der Waals surface area contributed by atoms with Crippen LogP contribution in [0.3, 0.4) is 0 Å². The van der Waals surface area contributed by atoms with E-state index in [1.807, 2.05) is 0 Å². The van der Waals surface area contributed by atoms with Crippen molar-refractivity contribution in [2.45, 2.75) is 6.54 Å². The molecule has 0 saturated carbocycles. The largest absolute Gasteiger partial charge is 1.00 e. The van der Waals surface area contributed by atoms with Crippen LogP contribution in [0, 0.1) is 0 Å². The Bertz CT molecular complexity index is 635. The molecule has 0 aliphatic carbocycles. The lowest BCUT2D eigenvalue weighted by Gasteiger charge is -1.99. The molecule has 2 heteroatoms. The molecule has 3 rings (SSSR count). The Morgan fingerprint density at radius 1 is 0.722 bits per heavy atom. The molecule has 1 heterocycles. The molecule has 18 heavy (non-hydrogen) atoms. The molecule has 3 aromatic rings. The van der Waals surface area contributed by atoms with Gasteiger partial charge in [0.2, 0.25) is 0 Å². The third-order valence-corrected chi connectivity index (χ3v) is 2.95. The second-order valence-electron chi connectivity index (χ2n) is 4.23. The summed E-state index contributed by atoms with van der Waals surface area (Å²) in [6.45, 7) is 0.922. The minimum Gasteiger partial charge on any atom is -1.00 e. The Morgan fingerprint density at radius 2 is 1.39 bits per heavy atom. The van der Waals surface area contributed by atoms with Crippen molar-refractivity contribution < 1.29 is 17.0 Å². The quantitative estimate of drug-likeness (QED) is 0.576. The van der Waals surface area contributed by atoms with E-state index in [0.717, 1.165) is 6.54 Å². The number of benzene rings is 2. The molecule has 1 aromatic heterocycles. The third-order valence-electron chi connectivity index (χ3n) is 2.95. The molecule has 0 atom stereocenters. The molecule has 0 saturated heterocycles. The molecule has 0 bridgehead atoms. The molecule has 1 nitrogen and oxygen atoms in total. The zero-order chi connectivity index (χ0) is 11.5. The van der Waals surface area contributed by atoms with Crippen LogP contribution in [-0.4, -0.2) is 0 Å². The Labute approximate surface area is 113 Å². The highest BCUT2D eigenvalue weighted by Gasteiger charge is 2.03. The van der Waals surface area contributed by atoms with Crippen LogP contribution in [0.25, 0.3) is 10.8 Å². The van der Waals surface area contributed by atoms with Gasteiger partial charge in [-0.15, -0.1) is 0 Å². The first-order valence-corrected chi connectivity index (χ1v) is 5.83. The molecular formula is C16H14ClN. The highest BCUT2D eigenvalue weighted by atomic mass is 35.5. The smallest absolute Gasteiger partial charge is 0.176 e. The normalized spacial score (nSPS) is 10.0. The van der Waals surface area contributed by atoms with Crippen LogP contribution in [-0.2, 0) is 6.54 Å². The average molecular weight is 256 g/mol. The minimum absolute atomic E-state index is 0. The number of rotatable bonds is 2. The lowest BCUT2D eigenvalue weighted by molar-refractivity contribution is -0.687. The van der Waals surface area contributed by atoms with Gasteiger partial charge >= 0.3 is 0 Å². The first-order chi connectivity index (χ1) is 8.42. The Morgan fingerprint density at radius 3 is 2.17 bits per heavy atom. The number of hydrogen-bond acceptors (Lipinski definition) is 0. The van der Waals surface area contributed by atoms with Gasteiger partial charge in [-0.25, -0.2) is 4.57 Å². The summed E-state index contributed by atoms with van der Waals surface area (Å²) >= 11 is 0. The van der Waals surface area contributed by atoms with Crippen molar-refractivity contribution in [1.82, 2.24) is 0 Å². The van der Waals surface area contributed by atoms with Gasteiger partial charge in [0.15, 0.2) is 18.9 Å². The molecule has 0 aliphatic rings. The van der Waals surface area contributed by atoms with Gasteiger partial charge in [-0.2, -0.15) is 0 Å². The van der Waals surface area contributed by atoms with Gasteiger partial charge in [-0.3, -0.25) is 0 Å². The summed E-state index contributed by atoms with van der Waals surface area (Å²) < 4.78 is 2.22. The number of pyridine rings is 1. The number of hydrogen-bond donors (Lipinski definition) is 0. The van der Waals surface area contributed by atoms with Crippen LogP contribution in [0.2, 0.25) is 0 Å². The van der Waals surface area contributed by atoms with Crippen molar-refractivity contribution in [3.8, 4) is 0 Å². The SMILES string of the molecule is [Cl-].c1ccc(C[n+]2ccc3ccccc3c2)cc1. The fraction of sp³-hybridized carbons (Fsp3) is 0.0625. The maximum atomic E-state index is 2.22. The van der Waals surface area contributed by atoms with E-state index in [1.54, 1.807) is 0 Å². The standard InChI is InChI=1S/C16H14N.ClH/c1-2-6-14(7-3-1)12-17-11-10-15-8-4-5-9-16(15)13-17;/h1-11,13H,12H2;1H/q+1;/p-1. The highest BCUT2D eigenvalue weighted by molar-refractivity contribution is 5.80. The summed E-state index contributed by atoms with van der Waals surface area (Å²) in [5.41, 5.74) is 1.33. The van der Waals surface area contributed by atoms with Gasteiger partial charge in [0.25, 0.3) is 0 Å². The van der Waals surface area contributed by atoms with Crippen LogP contribution < -0.4 is 17.0 Å². The Hall–Kier alpha value is -1.86. The molecule has 0 unspecified atom stereocenters. The molecule has 0 N–H and O–H groups in total. The number of fused-ring (bicyclic) bond motifs is 1. The predicted molar refractivity (Wildman–Crippen MR) is 69.7 cm³/mol. The number of aromatic nitrogens is 1. The Balaban J connectivity index is 0.00000120. The van der Waals surface area contributed by atoms with E-state index in [2.05, 4.69) is 77.6 Å². The molecule has 0 radical (unpaired) electrons. The second-order valence-corrected chi connectivity index (χ2v) is 4.23. The molecule has 0 fully saturated rings. The van der Waals surface area contributed by atoms with Crippen LogP contribution in [0.4, 0.5) is 0 Å². The summed E-state index contributed by atoms with van der Waals surface area (Å²) in [7, 11) is 0. The van der Waals surface area contributed by atoms with Gasteiger partial charge in [-0.05, 0) is 11.5 Å². The van der Waals surface area contributed by atoms with Crippen molar-refractivity contribution >= 4 is 10.8 Å². The molecule has 90 valence electrons. The monoisotopic (exact) mass is 255 g/mol. The third kappa shape index (κ3) is 2.69. The number of halogens is 1. The molecule has 2 aromatic carbocycles. The van der Waals surface area contributed by atoms with Gasteiger partial charge in [0.1, 0.15) is 0 Å². The summed E-state index contributed by atoms with van der Waals surface area (Å²) in [6.07, 6.45) is 4.33. The topological polar surface area (TPSA) is 3.88 Å². The van der Waals surface area contributed by atoms with Crippen LogP contribution in [0.5, 0.6) is 0 Å². The van der Waals surface area contributed by atoms with Gasteiger partial charge in [0, 0.05) is 17.0 Å². The van der Waals surface area contributed by atoms with E-state index >= 15 is 0 Å². The minimum atomic E-state index is 0. The average Bonchev–Trinajstić information content (AvgIpc) is 2.40. The lowest BCUT2D eigenvalue weighted by atomic mass is 10.1. The molecule has 0 amide bonds. The fourth-order valence-corrected chi connectivity index (χ4v) is 2.07. The summed E-state index contributed by atoms with van der Waals surface area (Å²) in [5, 5.41) is 2.57. The summed E-state index contributed by atoms with van der Waals surface area (Å²) in [5.74, 6) is 0. The predicted octanol–water partition coefficient (Wildman–Crippen LogP) is 0.180. The molecular weight excluding hydrogens is 242 g/mol. The van der Waals surface area contributed by atoms with E-state index in [-0.39, 0.29) is 12.4 Å². The van der Waals surface area contributed by atoms with Gasteiger partial charge < -0.3 is 12.4 Å². The molecule has 0 aliphatic heterocycles. The molecule has 0 spiro atoms. The first-order valence-electron chi connectivity index (χ1n) is 5.83. The fourth-order valence-electron chi connectivity index (χ4n) is 2.07. The van der Waals surface area contributed by atoms with E-state index < -0.39 is 0 Å². The number of nitrogens with zero attached hydrogens (tertiary/aromatic N) is 1. The second kappa shape index (κ2) is 5.65. The summed E-state index contributed by atoms with van der Waals surface area (Å²) in [4.78, 5) is 0. The van der Waals surface area contributed by atoms with Crippen molar-refractivity contribution in [2.75, 3.05) is 0 Å². The highest BCUT2D eigenvalue weighted by Crippen LogP contribution is 2.10. The van der Waals surface area contributed by atoms with Crippen LogP contribution in [0.1, 0.15) is 5.56 Å². The van der Waals surface area contributed by atoms with E-state index in [0.29, 0.717) is 0 Å². The van der Waals surface area contributed by atoms with E-state index in [9.17, 15) is 0 Å². The first kappa shape index (κ1) is 12.6. The van der Waals surface area contributed by atoms with Crippen molar-refractivity contribution in [1.29, 1.82) is 0 Å². The van der Waals surface area contributed by atoms with Crippen LogP contribution >= 0.6 is 0 Å². The van der Waals surface area contributed by atoms with Crippen molar-refractivity contribution in [3.05, 3.63) is 78.6 Å². The Kier molecular flexibility index (Phi) is 3.96. The van der Waals surface area contributed by atoms with Crippen molar-refractivity contribution in [2.24, 2.45) is 0 Å². The van der Waals surface area contributed by atoms with E-state index in [1.165, 1.54) is 16.3 Å². The van der Waals surface area contributed by atoms with Crippen molar-refractivity contribution in [3.63, 3.8) is 0 Å². The maximum Gasteiger partial charge on any atom is 0.176 e. The zero-order valence-electron chi connectivity index (χ0n) is 9.96. The van der Waals surface area contributed by atoms with Crippen LogP contribution in [0.15, 0.2) is 73.1 Å². The maximum absolute atomic E-state index is 2.22. The lowest BCUT2D eigenvalue weighted by Crippen LogP contribution is -3.00. The van der Waals surface area contributed by atoms with Gasteiger partial charge in [-0.1, -0.05) is 48.5 Å².